The van der Waals surface area contributed by atoms with Crippen LogP contribution in [0.5, 0.6) is 0 Å². The first-order valence-corrected chi connectivity index (χ1v) is 9.01. The fourth-order valence-corrected chi connectivity index (χ4v) is 3.57. The summed E-state index contributed by atoms with van der Waals surface area (Å²) >= 11 is 6.15. The highest BCUT2D eigenvalue weighted by Gasteiger charge is 2.21. The van der Waals surface area contributed by atoms with Gasteiger partial charge in [-0.2, -0.15) is 9.97 Å². The van der Waals surface area contributed by atoms with Crippen molar-refractivity contribution in [1.29, 1.82) is 0 Å². The highest BCUT2D eigenvalue weighted by molar-refractivity contribution is 6.28. The van der Waals surface area contributed by atoms with Crippen molar-refractivity contribution in [3.8, 4) is 0 Å². The minimum atomic E-state index is 0.243. The average molecular weight is 352 g/mol. The predicted molar refractivity (Wildman–Crippen MR) is 91.5 cm³/mol. The van der Waals surface area contributed by atoms with Crippen molar-refractivity contribution in [3.05, 3.63) is 5.28 Å². The van der Waals surface area contributed by atoms with E-state index in [0.717, 1.165) is 49.6 Å². The normalized spacial score (nSPS) is 19.5. The molecule has 4 heterocycles. The summed E-state index contributed by atoms with van der Waals surface area (Å²) < 4.78 is 7.26. The number of anilines is 1. The number of hydrogen-bond donors (Lipinski definition) is 0. The van der Waals surface area contributed by atoms with Crippen molar-refractivity contribution in [2.24, 2.45) is 0 Å². The van der Waals surface area contributed by atoms with Gasteiger partial charge in [-0.1, -0.05) is 5.21 Å². The number of morpholine rings is 1. The second-order valence-electron chi connectivity index (χ2n) is 6.30. The van der Waals surface area contributed by atoms with Crippen LogP contribution in [0.3, 0.4) is 0 Å². The monoisotopic (exact) mass is 351 g/mol. The van der Waals surface area contributed by atoms with Gasteiger partial charge in [0.2, 0.25) is 5.28 Å². The molecule has 0 bridgehead atoms. The average Bonchev–Trinajstić information content (AvgIpc) is 3.25. The standard InChI is InChI=1S/C15H22ClN7O/c16-15-17-13(22-8-10-24-11-9-22)12-14(18-15)23(20-19-12)7-3-6-21-4-1-2-5-21/h1-11H2. The molecule has 2 aliphatic heterocycles. The van der Waals surface area contributed by atoms with Crippen molar-refractivity contribution in [3.63, 3.8) is 0 Å². The lowest BCUT2D eigenvalue weighted by Gasteiger charge is -2.27. The van der Waals surface area contributed by atoms with E-state index in [1.54, 1.807) is 0 Å². The number of hydrogen-bond acceptors (Lipinski definition) is 7. The zero-order chi connectivity index (χ0) is 16.4. The Labute approximate surface area is 145 Å². The molecule has 0 N–H and O–H groups in total. The molecule has 0 aliphatic carbocycles. The van der Waals surface area contributed by atoms with Crippen LogP contribution >= 0.6 is 11.6 Å². The number of likely N-dealkylation sites (tertiary alicyclic amines) is 1. The summed E-state index contributed by atoms with van der Waals surface area (Å²) in [5.74, 6) is 0.763. The molecule has 4 rings (SSSR count). The molecule has 0 unspecified atom stereocenters. The Bertz CT molecular complexity index is 694. The summed E-state index contributed by atoms with van der Waals surface area (Å²) in [6.45, 7) is 7.26. The van der Waals surface area contributed by atoms with E-state index in [9.17, 15) is 0 Å². The largest absolute Gasteiger partial charge is 0.378 e. The third-order valence-electron chi connectivity index (χ3n) is 4.67. The predicted octanol–water partition coefficient (Wildman–Crippen LogP) is 1.20. The van der Waals surface area contributed by atoms with Crippen molar-refractivity contribution >= 4 is 28.6 Å². The Balaban J connectivity index is 1.52. The van der Waals surface area contributed by atoms with E-state index < -0.39 is 0 Å². The highest BCUT2D eigenvalue weighted by atomic mass is 35.5. The van der Waals surface area contributed by atoms with Crippen LogP contribution in [0, 0.1) is 0 Å². The molecule has 0 aromatic carbocycles. The molecule has 2 saturated heterocycles. The molecule has 2 aliphatic rings. The van der Waals surface area contributed by atoms with E-state index in [1.165, 1.54) is 25.9 Å². The Morgan fingerprint density at radius 3 is 2.58 bits per heavy atom. The van der Waals surface area contributed by atoms with Gasteiger partial charge >= 0.3 is 0 Å². The number of ether oxygens (including phenoxy) is 1. The molecule has 0 amide bonds. The SMILES string of the molecule is Clc1nc(N2CCOCC2)c2nnn(CCCN3CCCC3)c2n1. The summed E-state index contributed by atoms with van der Waals surface area (Å²) in [7, 11) is 0. The second kappa shape index (κ2) is 7.16. The van der Waals surface area contributed by atoms with Crippen molar-refractivity contribution in [1.82, 2.24) is 29.9 Å². The molecular formula is C15H22ClN7O. The second-order valence-corrected chi connectivity index (χ2v) is 6.64. The molecule has 0 spiro atoms. The fraction of sp³-hybridized carbons (Fsp3) is 0.733. The molecule has 2 aromatic rings. The number of aromatic nitrogens is 5. The van der Waals surface area contributed by atoms with Crippen LogP contribution in [0.2, 0.25) is 5.28 Å². The molecule has 0 atom stereocenters. The maximum absolute atomic E-state index is 6.15. The van der Waals surface area contributed by atoms with Gasteiger partial charge in [0.25, 0.3) is 0 Å². The Hall–Kier alpha value is -1.51. The van der Waals surface area contributed by atoms with Gasteiger partial charge in [-0.05, 0) is 50.5 Å². The van der Waals surface area contributed by atoms with Crippen LogP contribution in [0.4, 0.5) is 5.82 Å². The molecule has 2 aromatic heterocycles. The van der Waals surface area contributed by atoms with Gasteiger partial charge < -0.3 is 14.5 Å². The van der Waals surface area contributed by atoms with Crippen LogP contribution in [-0.2, 0) is 11.3 Å². The third-order valence-corrected chi connectivity index (χ3v) is 4.84. The summed E-state index contributed by atoms with van der Waals surface area (Å²) in [4.78, 5) is 13.4. The van der Waals surface area contributed by atoms with Crippen molar-refractivity contribution in [2.75, 3.05) is 50.8 Å². The Morgan fingerprint density at radius 1 is 1.00 bits per heavy atom. The first kappa shape index (κ1) is 16.0. The van der Waals surface area contributed by atoms with E-state index in [4.69, 9.17) is 16.3 Å². The van der Waals surface area contributed by atoms with Crippen molar-refractivity contribution < 1.29 is 4.74 Å². The number of nitrogens with zero attached hydrogens (tertiary/aromatic N) is 7. The minimum absolute atomic E-state index is 0.243. The topological polar surface area (TPSA) is 72.2 Å². The summed E-state index contributed by atoms with van der Waals surface area (Å²) in [6, 6.07) is 0. The van der Waals surface area contributed by atoms with E-state index >= 15 is 0 Å². The molecule has 2 fully saturated rings. The van der Waals surface area contributed by atoms with Crippen LogP contribution in [0.25, 0.3) is 11.2 Å². The van der Waals surface area contributed by atoms with Gasteiger partial charge in [-0.3, -0.25) is 0 Å². The lowest BCUT2D eigenvalue weighted by molar-refractivity contribution is 0.122. The van der Waals surface area contributed by atoms with Gasteiger partial charge in [0.1, 0.15) is 0 Å². The van der Waals surface area contributed by atoms with E-state index in [1.807, 2.05) is 4.68 Å². The van der Waals surface area contributed by atoms with Crippen molar-refractivity contribution in [2.45, 2.75) is 25.8 Å². The maximum atomic E-state index is 6.15. The lowest BCUT2D eigenvalue weighted by Crippen LogP contribution is -2.37. The first-order chi connectivity index (χ1) is 11.8. The lowest BCUT2D eigenvalue weighted by atomic mass is 10.3. The summed E-state index contributed by atoms with van der Waals surface area (Å²) in [6.07, 6.45) is 3.67. The van der Waals surface area contributed by atoms with Crippen LogP contribution in [-0.4, -0.2) is 75.8 Å². The Kier molecular flexibility index (Phi) is 4.77. The first-order valence-electron chi connectivity index (χ1n) is 8.63. The number of aryl methyl sites for hydroxylation is 1. The molecule has 8 nitrogen and oxygen atoms in total. The zero-order valence-corrected chi connectivity index (χ0v) is 14.5. The number of fused-ring (bicyclic) bond motifs is 1. The highest BCUT2D eigenvalue weighted by Crippen LogP contribution is 2.24. The third kappa shape index (κ3) is 3.31. The van der Waals surface area contributed by atoms with Crippen LogP contribution in [0.15, 0.2) is 0 Å². The summed E-state index contributed by atoms with van der Waals surface area (Å²) in [5, 5.41) is 8.85. The quantitative estimate of drug-likeness (QED) is 0.749. The van der Waals surface area contributed by atoms with E-state index in [-0.39, 0.29) is 5.28 Å². The van der Waals surface area contributed by atoms with Gasteiger partial charge in [-0.15, -0.1) is 5.10 Å². The van der Waals surface area contributed by atoms with Gasteiger partial charge in [0, 0.05) is 19.6 Å². The molecule has 0 radical (unpaired) electrons. The Morgan fingerprint density at radius 2 is 1.79 bits per heavy atom. The summed E-state index contributed by atoms with van der Waals surface area (Å²) in [5.41, 5.74) is 1.44. The van der Waals surface area contributed by atoms with Crippen LogP contribution < -0.4 is 4.90 Å². The zero-order valence-electron chi connectivity index (χ0n) is 13.7. The van der Waals surface area contributed by atoms with Gasteiger partial charge in [-0.25, -0.2) is 4.68 Å². The molecular weight excluding hydrogens is 330 g/mol. The van der Waals surface area contributed by atoms with Gasteiger partial charge in [0.15, 0.2) is 17.0 Å². The van der Waals surface area contributed by atoms with Crippen LogP contribution in [0.1, 0.15) is 19.3 Å². The molecule has 0 saturated carbocycles. The maximum Gasteiger partial charge on any atom is 0.226 e. The fourth-order valence-electron chi connectivity index (χ4n) is 3.41. The number of rotatable bonds is 5. The van der Waals surface area contributed by atoms with Gasteiger partial charge in [0.05, 0.1) is 13.2 Å². The molecule has 9 heteroatoms. The number of halogens is 1. The molecule has 130 valence electrons. The molecule has 24 heavy (non-hydrogen) atoms. The minimum Gasteiger partial charge on any atom is -0.378 e. The van der Waals surface area contributed by atoms with E-state index in [0.29, 0.717) is 13.2 Å². The smallest absolute Gasteiger partial charge is 0.226 e. The van der Waals surface area contributed by atoms with E-state index in [2.05, 4.69) is 30.1 Å².